The molecule has 0 fully saturated rings. The van der Waals surface area contributed by atoms with Gasteiger partial charge in [0.1, 0.15) is 0 Å². The molecule has 2 rings (SSSR count). The number of fused-ring (bicyclic) bond motifs is 1. The molecule has 13 heavy (non-hydrogen) atoms. The van der Waals surface area contributed by atoms with E-state index in [1.807, 2.05) is 0 Å². The second kappa shape index (κ2) is 3.42. The number of rotatable bonds is 1. The van der Waals surface area contributed by atoms with Crippen molar-refractivity contribution in [2.75, 3.05) is 0 Å². The summed E-state index contributed by atoms with van der Waals surface area (Å²) in [6.45, 7) is 3.05. The Labute approximate surface area is 86.5 Å². The number of halogens is 1. The summed E-state index contributed by atoms with van der Waals surface area (Å²) in [7, 11) is 0. The molecule has 0 saturated carbocycles. The van der Waals surface area contributed by atoms with Crippen molar-refractivity contribution in [3.63, 3.8) is 0 Å². The Balaban J connectivity index is 2.42. The average Bonchev–Trinajstić information content (AvgIpc) is 2.43. The fourth-order valence-corrected chi connectivity index (χ4v) is 2.47. The zero-order valence-electron chi connectivity index (χ0n) is 7.76. The van der Waals surface area contributed by atoms with E-state index in [2.05, 4.69) is 32.4 Å². The summed E-state index contributed by atoms with van der Waals surface area (Å²) >= 11 is 3.47. The predicted molar refractivity (Wildman–Crippen MR) is 55.6 cm³/mol. The average molecular weight is 244 g/mol. The second-order valence-electron chi connectivity index (χ2n) is 3.54. The molecule has 1 atom stereocenters. The number of aryl methyl sites for hydroxylation is 1. The SMILES string of the molecule is CCc1nc(Br)n2c1CCC(N)C2. The Hall–Kier alpha value is -0.350. The van der Waals surface area contributed by atoms with E-state index in [0.29, 0.717) is 6.04 Å². The van der Waals surface area contributed by atoms with Gasteiger partial charge in [-0.15, -0.1) is 0 Å². The van der Waals surface area contributed by atoms with Crippen molar-refractivity contribution < 1.29 is 0 Å². The van der Waals surface area contributed by atoms with E-state index in [1.54, 1.807) is 0 Å². The summed E-state index contributed by atoms with van der Waals surface area (Å²) in [5.41, 5.74) is 8.49. The zero-order chi connectivity index (χ0) is 9.42. The van der Waals surface area contributed by atoms with Crippen LogP contribution in [-0.4, -0.2) is 15.6 Å². The van der Waals surface area contributed by atoms with E-state index in [9.17, 15) is 0 Å². The largest absolute Gasteiger partial charge is 0.326 e. The molecule has 0 amide bonds. The molecule has 0 aromatic carbocycles. The lowest BCUT2D eigenvalue weighted by molar-refractivity contribution is 0.453. The minimum atomic E-state index is 0.294. The Kier molecular flexibility index (Phi) is 2.43. The first-order valence-corrected chi connectivity index (χ1v) is 5.51. The maximum absolute atomic E-state index is 5.90. The third-order valence-corrected chi connectivity index (χ3v) is 3.22. The maximum atomic E-state index is 5.90. The molecule has 0 spiro atoms. The van der Waals surface area contributed by atoms with E-state index < -0.39 is 0 Å². The minimum absolute atomic E-state index is 0.294. The van der Waals surface area contributed by atoms with Crippen molar-refractivity contribution in [3.8, 4) is 0 Å². The lowest BCUT2D eigenvalue weighted by Crippen LogP contribution is -2.32. The fraction of sp³-hybridized carbons (Fsp3) is 0.667. The van der Waals surface area contributed by atoms with Crippen molar-refractivity contribution in [1.29, 1.82) is 0 Å². The normalized spacial score (nSPS) is 21.6. The Morgan fingerprint density at radius 1 is 1.69 bits per heavy atom. The van der Waals surface area contributed by atoms with E-state index >= 15 is 0 Å². The molecule has 0 aliphatic carbocycles. The summed E-state index contributed by atoms with van der Waals surface area (Å²) in [4.78, 5) is 4.47. The highest BCUT2D eigenvalue weighted by molar-refractivity contribution is 9.10. The molecule has 1 aliphatic rings. The molecule has 72 valence electrons. The summed E-state index contributed by atoms with van der Waals surface area (Å²) < 4.78 is 3.14. The standard InChI is InChI=1S/C9H14BrN3/c1-2-7-8-4-3-6(11)5-13(8)9(10)12-7/h6H,2-5,11H2,1H3. The molecule has 4 heteroatoms. The first kappa shape index (κ1) is 9.21. The zero-order valence-corrected chi connectivity index (χ0v) is 9.34. The van der Waals surface area contributed by atoms with Gasteiger partial charge in [0.15, 0.2) is 4.73 Å². The monoisotopic (exact) mass is 243 g/mol. The van der Waals surface area contributed by atoms with Gasteiger partial charge in [0, 0.05) is 18.3 Å². The number of aromatic nitrogens is 2. The van der Waals surface area contributed by atoms with Crippen LogP contribution in [0.3, 0.4) is 0 Å². The summed E-state index contributed by atoms with van der Waals surface area (Å²) in [5.74, 6) is 0. The quantitative estimate of drug-likeness (QED) is 0.813. The molecule has 1 aliphatic heterocycles. The number of hydrogen-bond acceptors (Lipinski definition) is 2. The molecule has 0 radical (unpaired) electrons. The summed E-state index contributed by atoms with van der Waals surface area (Å²) in [6, 6.07) is 0.294. The number of imidazole rings is 1. The summed E-state index contributed by atoms with van der Waals surface area (Å²) in [5, 5.41) is 0. The van der Waals surface area contributed by atoms with Crippen LogP contribution in [0, 0.1) is 0 Å². The highest BCUT2D eigenvalue weighted by Crippen LogP contribution is 2.23. The van der Waals surface area contributed by atoms with Crippen LogP contribution < -0.4 is 5.73 Å². The molecule has 1 aromatic rings. The molecular formula is C9H14BrN3. The topological polar surface area (TPSA) is 43.8 Å². The van der Waals surface area contributed by atoms with Crippen LogP contribution in [0.25, 0.3) is 0 Å². The van der Waals surface area contributed by atoms with Gasteiger partial charge in [-0.2, -0.15) is 0 Å². The van der Waals surface area contributed by atoms with Crippen LogP contribution in [-0.2, 0) is 19.4 Å². The van der Waals surface area contributed by atoms with Crippen molar-refractivity contribution in [2.24, 2.45) is 5.73 Å². The van der Waals surface area contributed by atoms with Crippen molar-refractivity contribution >= 4 is 15.9 Å². The van der Waals surface area contributed by atoms with Crippen LogP contribution in [0.1, 0.15) is 24.7 Å². The van der Waals surface area contributed by atoms with Gasteiger partial charge >= 0.3 is 0 Å². The van der Waals surface area contributed by atoms with Gasteiger partial charge in [-0.3, -0.25) is 0 Å². The van der Waals surface area contributed by atoms with Gasteiger partial charge in [0.05, 0.1) is 5.69 Å². The Morgan fingerprint density at radius 3 is 3.15 bits per heavy atom. The number of nitrogens with zero attached hydrogens (tertiary/aromatic N) is 2. The van der Waals surface area contributed by atoms with E-state index in [-0.39, 0.29) is 0 Å². The molecule has 2 heterocycles. The second-order valence-corrected chi connectivity index (χ2v) is 4.25. The van der Waals surface area contributed by atoms with Crippen molar-refractivity contribution in [3.05, 3.63) is 16.1 Å². The number of hydrogen-bond donors (Lipinski definition) is 1. The minimum Gasteiger partial charge on any atom is -0.326 e. The van der Waals surface area contributed by atoms with Gasteiger partial charge in [-0.1, -0.05) is 6.92 Å². The van der Waals surface area contributed by atoms with Crippen LogP contribution in [0.15, 0.2) is 4.73 Å². The lowest BCUT2D eigenvalue weighted by Gasteiger charge is -2.21. The molecule has 2 N–H and O–H groups in total. The highest BCUT2D eigenvalue weighted by atomic mass is 79.9. The number of nitrogens with two attached hydrogens (primary N) is 1. The smallest absolute Gasteiger partial charge is 0.177 e. The Morgan fingerprint density at radius 2 is 2.46 bits per heavy atom. The van der Waals surface area contributed by atoms with Crippen LogP contribution in [0.4, 0.5) is 0 Å². The fourth-order valence-electron chi connectivity index (χ4n) is 1.90. The van der Waals surface area contributed by atoms with Gasteiger partial charge in [0.2, 0.25) is 0 Å². The maximum Gasteiger partial charge on any atom is 0.177 e. The third-order valence-electron chi connectivity index (χ3n) is 2.61. The Bertz CT molecular complexity index is 319. The van der Waals surface area contributed by atoms with Gasteiger partial charge in [-0.05, 0) is 35.2 Å². The molecule has 3 nitrogen and oxygen atoms in total. The molecule has 1 aromatic heterocycles. The van der Waals surface area contributed by atoms with Crippen LogP contribution >= 0.6 is 15.9 Å². The van der Waals surface area contributed by atoms with E-state index in [1.165, 1.54) is 11.4 Å². The highest BCUT2D eigenvalue weighted by Gasteiger charge is 2.21. The summed E-state index contributed by atoms with van der Waals surface area (Å²) in [6.07, 6.45) is 3.17. The first-order chi connectivity index (χ1) is 6.22. The van der Waals surface area contributed by atoms with Crippen molar-refractivity contribution in [1.82, 2.24) is 9.55 Å². The molecule has 0 saturated heterocycles. The first-order valence-electron chi connectivity index (χ1n) is 4.71. The van der Waals surface area contributed by atoms with Crippen LogP contribution in [0.5, 0.6) is 0 Å². The third kappa shape index (κ3) is 1.53. The molecule has 1 unspecified atom stereocenters. The molecular weight excluding hydrogens is 230 g/mol. The van der Waals surface area contributed by atoms with E-state index in [0.717, 1.165) is 30.5 Å². The van der Waals surface area contributed by atoms with Gasteiger partial charge in [-0.25, -0.2) is 4.98 Å². The van der Waals surface area contributed by atoms with Crippen LogP contribution in [0.2, 0.25) is 0 Å². The van der Waals surface area contributed by atoms with Gasteiger partial charge in [0.25, 0.3) is 0 Å². The molecule has 0 bridgehead atoms. The van der Waals surface area contributed by atoms with Gasteiger partial charge < -0.3 is 10.3 Å². The van der Waals surface area contributed by atoms with Crippen molar-refractivity contribution in [2.45, 2.75) is 38.8 Å². The lowest BCUT2D eigenvalue weighted by atomic mass is 10.0. The van der Waals surface area contributed by atoms with E-state index in [4.69, 9.17) is 5.73 Å². The predicted octanol–water partition coefficient (Wildman–Crippen LogP) is 1.48.